The number of carbonyl (C=O) groups excluding carboxylic acids is 2. The largest absolute Gasteiger partial charge is 0.477 e. The maximum atomic E-state index is 12.8. The fraction of sp³-hybridized carbons (Fsp3) is 0.148. The van der Waals surface area contributed by atoms with Crippen molar-refractivity contribution in [2.75, 3.05) is 11.1 Å². The highest BCUT2D eigenvalue weighted by atomic mass is 16.4. The average Bonchev–Trinajstić information content (AvgIpc) is 3.16. The molecule has 1 amide bonds. The van der Waals surface area contributed by atoms with Crippen molar-refractivity contribution in [1.82, 2.24) is 19.9 Å². The van der Waals surface area contributed by atoms with Crippen LogP contribution >= 0.6 is 0 Å². The maximum Gasteiger partial charge on any atom is 0.353 e. The quantitative estimate of drug-likeness (QED) is 0.285. The molecule has 0 fully saturated rings. The van der Waals surface area contributed by atoms with Gasteiger partial charge in [0.25, 0.3) is 0 Å². The Morgan fingerprint density at radius 1 is 1.11 bits per heavy atom. The first-order valence-corrected chi connectivity index (χ1v) is 11.6. The summed E-state index contributed by atoms with van der Waals surface area (Å²) in [6.45, 7) is 2.62. The zero-order valence-corrected chi connectivity index (χ0v) is 20.0. The highest BCUT2D eigenvalue weighted by Crippen LogP contribution is 2.35. The van der Waals surface area contributed by atoms with Crippen LogP contribution in [0.4, 0.5) is 11.6 Å². The molecule has 4 aromatic rings. The van der Waals surface area contributed by atoms with Crippen molar-refractivity contribution in [1.29, 1.82) is 0 Å². The average molecular weight is 497 g/mol. The highest BCUT2D eigenvalue weighted by molar-refractivity contribution is 6.31. The monoisotopic (exact) mass is 496 g/mol. The summed E-state index contributed by atoms with van der Waals surface area (Å²) in [5.41, 5.74) is 9.57. The normalized spacial score (nSPS) is 13.4. The van der Waals surface area contributed by atoms with Crippen molar-refractivity contribution >= 4 is 45.8 Å². The second-order valence-corrected chi connectivity index (χ2v) is 8.85. The second kappa shape index (κ2) is 9.57. The Kier molecular flexibility index (Phi) is 6.14. The van der Waals surface area contributed by atoms with Crippen LogP contribution in [-0.2, 0) is 22.7 Å². The van der Waals surface area contributed by atoms with Gasteiger partial charge in [-0.15, -0.1) is 0 Å². The van der Waals surface area contributed by atoms with Crippen LogP contribution in [0.15, 0.2) is 61.1 Å². The van der Waals surface area contributed by atoms with E-state index in [1.165, 1.54) is 6.20 Å². The number of allylic oxidation sites excluding steroid dienone is 1. The minimum Gasteiger partial charge on any atom is -0.477 e. The maximum absolute atomic E-state index is 12.8. The van der Waals surface area contributed by atoms with Crippen molar-refractivity contribution in [2.45, 2.75) is 26.4 Å². The predicted octanol–water partition coefficient (Wildman–Crippen LogP) is 3.11. The number of nitrogens with zero attached hydrogens (tertiary/aromatic N) is 3. The zero-order valence-electron chi connectivity index (χ0n) is 20.0. The van der Waals surface area contributed by atoms with Gasteiger partial charge in [-0.2, -0.15) is 0 Å². The van der Waals surface area contributed by atoms with Crippen molar-refractivity contribution in [3.05, 3.63) is 89.0 Å². The Morgan fingerprint density at radius 2 is 1.89 bits per heavy atom. The van der Waals surface area contributed by atoms with Gasteiger partial charge in [-0.25, -0.2) is 14.8 Å². The van der Waals surface area contributed by atoms with Crippen molar-refractivity contribution in [2.24, 2.45) is 0 Å². The van der Waals surface area contributed by atoms with E-state index in [4.69, 9.17) is 5.73 Å². The molecule has 0 unspecified atom stereocenters. The number of nitrogens with two attached hydrogens (primary N) is 1. The number of anilines is 2. The number of benzene rings is 1. The van der Waals surface area contributed by atoms with Crippen molar-refractivity contribution in [3.8, 4) is 0 Å². The molecule has 0 spiro atoms. The number of pyridine rings is 2. The van der Waals surface area contributed by atoms with E-state index in [-0.39, 0.29) is 24.2 Å². The third kappa shape index (κ3) is 4.76. The number of ketones is 1. The number of nitrogen functional groups attached to an aromatic ring is 1. The van der Waals surface area contributed by atoms with E-state index in [2.05, 4.69) is 20.6 Å². The molecule has 37 heavy (non-hydrogen) atoms. The van der Waals surface area contributed by atoms with Crippen LogP contribution in [-0.4, -0.2) is 37.3 Å². The molecule has 10 heteroatoms. The minimum atomic E-state index is -1.17. The molecule has 0 aliphatic carbocycles. The number of rotatable bonds is 7. The highest BCUT2D eigenvalue weighted by Gasteiger charge is 2.30. The molecular formula is C27H24N6O4. The van der Waals surface area contributed by atoms with Gasteiger partial charge >= 0.3 is 5.97 Å². The van der Waals surface area contributed by atoms with Crippen LogP contribution in [0.3, 0.4) is 0 Å². The first-order valence-electron chi connectivity index (χ1n) is 11.6. The molecule has 3 aromatic heterocycles. The van der Waals surface area contributed by atoms with Crippen LogP contribution in [0.5, 0.6) is 0 Å². The lowest BCUT2D eigenvalue weighted by atomic mass is 9.95. The molecule has 5 rings (SSSR count). The van der Waals surface area contributed by atoms with Gasteiger partial charge in [-0.05, 0) is 54.4 Å². The number of nitrogens with one attached hydrogen (secondary N) is 2. The van der Waals surface area contributed by atoms with Gasteiger partial charge < -0.3 is 26.0 Å². The topological polar surface area (TPSA) is 152 Å². The van der Waals surface area contributed by atoms with E-state index in [0.29, 0.717) is 34.6 Å². The smallest absolute Gasteiger partial charge is 0.353 e. The summed E-state index contributed by atoms with van der Waals surface area (Å²) in [5.74, 6) is -0.961. The third-order valence-electron chi connectivity index (χ3n) is 6.17. The number of carbonyl (C=O) groups is 3. The summed E-state index contributed by atoms with van der Waals surface area (Å²) in [4.78, 5) is 45.4. The standard InChI is InChI=1S/C27H24N6O4/c1-15-2-3-20-18(8-15)25(19-13-32-24(35)11-21(19)34)26(27(36)37)33(20)14-17-5-7-30-23(10-17)31-12-16-4-6-29-22(28)9-16/h2-10,13H,11-12,14H2,1H3,(H2,28,29)(H,30,31)(H,32,35)(H,36,37). The number of Topliss-reactive ketones (excluding diaryl/α,β-unsaturated/α-hetero) is 1. The van der Waals surface area contributed by atoms with Gasteiger partial charge in [0.15, 0.2) is 5.78 Å². The molecule has 0 bridgehead atoms. The molecule has 0 radical (unpaired) electrons. The van der Waals surface area contributed by atoms with Gasteiger partial charge in [0, 0.05) is 53.7 Å². The molecule has 0 saturated carbocycles. The van der Waals surface area contributed by atoms with Gasteiger partial charge in [0.1, 0.15) is 17.3 Å². The van der Waals surface area contributed by atoms with E-state index in [9.17, 15) is 19.5 Å². The van der Waals surface area contributed by atoms with E-state index in [1.54, 1.807) is 23.0 Å². The van der Waals surface area contributed by atoms with Crippen LogP contribution in [0.2, 0.25) is 0 Å². The van der Waals surface area contributed by atoms with Crippen LogP contribution in [0.25, 0.3) is 16.5 Å². The fourth-order valence-electron chi connectivity index (χ4n) is 4.51. The number of aromatic nitrogens is 3. The number of amides is 1. The minimum absolute atomic E-state index is 0.0186. The molecule has 0 atom stereocenters. The van der Waals surface area contributed by atoms with Crippen molar-refractivity contribution in [3.63, 3.8) is 0 Å². The Hall–Kier alpha value is -4.99. The number of carboxylic acid groups (broad SMARTS) is 1. The van der Waals surface area contributed by atoms with E-state index >= 15 is 0 Å². The predicted molar refractivity (Wildman–Crippen MR) is 139 cm³/mol. The van der Waals surface area contributed by atoms with E-state index < -0.39 is 17.7 Å². The number of hydrogen-bond acceptors (Lipinski definition) is 7. The van der Waals surface area contributed by atoms with Crippen LogP contribution in [0, 0.1) is 6.92 Å². The summed E-state index contributed by atoms with van der Waals surface area (Å²) >= 11 is 0. The van der Waals surface area contributed by atoms with E-state index in [1.807, 2.05) is 43.3 Å². The summed E-state index contributed by atoms with van der Waals surface area (Å²) in [6.07, 6.45) is 4.27. The number of aryl methyl sites for hydroxylation is 1. The summed E-state index contributed by atoms with van der Waals surface area (Å²) < 4.78 is 1.68. The Balaban J connectivity index is 1.55. The molecule has 1 aliphatic heterocycles. The molecule has 1 aromatic carbocycles. The number of carboxylic acids is 1. The summed E-state index contributed by atoms with van der Waals surface area (Å²) in [5, 5.41) is 16.7. The van der Waals surface area contributed by atoms with Gasteiger partial charge in [-0.3, -0.25) is 9.59 Å². The second-order valence-electron chi connectivity index (χ2n) is 8.85. The molecule has 186 valence electrons. The number of aromatic carboxylic acids is 1. The molecule has 1 aliphatic rings. The summed E-state index contributed by atoms with van der Waals surface area (Å²) in [7, 11) is 0. The SMILES string of the molecule is Cc1ccc2c(c1)c(C1=CNC(=O)CC1=O)c(C(=O)O)n2Cc1ccnc(NCc2ccnc(N)c2)c1. The molecule has 5 N–H and O–H groups in total. The third-order valence-corrected chi connectivity index (χ3v) is 6.17. The van der Waals surface area contributed by atoms with Crippen molar-refractivity contribution < 1.29 is 19.5 Å². The van der Waals surface area contributed by atoms with Gasteiger partial charge in [0.05, 0.1) is 6.42 Å². The number of hydrogen-bond donors (Lipinski definition) is 4. The molecule has 0 saturated heterocycles. The zero-order chi connectivity index (χ0) is 26.1. The Bertz CT molecular complexity index is 1600. The summed E-state index contributed by atoms with van der Waals surface area (Å²) in [6, 6.07) is 12.9. The first kappa shape index (κ1) is 23.7. The lowest BCUT2D eigenvalue weighted by Crippen LogP contribution is -2.28. The van der Waals surface area contributed by atoms with Crippen LogP contribution in [0.1, 0.15) is 39.2 Å². The Labute approximate surface area is 211 Å². The lowest BCUT2D eigenvalue weighted by Gasteiger charge is -2.14. The number of fused-ring (bicyclic) bond motifs is 1. The van der Waals surface area contributed by atoms with Gasteiger partial charge in [0.2, 0.25) is 5.91 Å². The first-order chi connectivity index (χ1) is 17.8. The molecule has 10 nitrogen and oxygen atoms in total. The fourth-order valence-corrected chi connectivity index (χ4v) is 4.51. The Morgan fingerprint density at radius 3 is 2.65 bits per heavy atom. The molecule has 4 heterocycles. The van der Waals surface area contributed by atoms with Gasteiger partial charge in [-0.1, -0.05) is 11.6 Å². The molecular weight excluding hydrogens is 472 g/mol. The van der Waals surface area contributed by atoms with E-state index in [0.717, 1.165) is 16.7 Å². The lowest BCUT2D eigenvalue weighted by molar-refractivity contribution is -0.125. The van der Waals surface area contributed by atoms with Crippen LogP contribution < -0.4 is 16.4 Å².